The van der Waals surface area contributed by atoms with Crippen molar-refractivity contribution in [1.82, 2.24) is 0 Å². The van der Waals surface area contributed by atoms with E-state index in [1.54, 1.807) is 29.2 Å². The van der Waals surface area contributed by atoms with Crippen LogP contribution in [0.25, 0.3) is 16.3 Å². The summed E-state index contributed by atoms with van der Waals surface area (Å²) < 4.78 is 68.1. The number of rotatable bonds is 15. The molecule has 1 aliphatic rings. The average molecular weight is 710 g/mol. The third-order valence-electron chi connectivity index (χ3n) is 7.43. The van der Waals surface area contributed by atoms with Crippen LogP contribution < -0.4 is 9.47 Å². The SMILES string of the molecule is CC[N+](CC)(CC)OS(=O)(=O)CCCCN1C(=Cc2sc3ccc(Cl)cc3[n+]2CCCS(=O)(=O)[O-])Sc2ccc(Cl)cc21. The topological polar surface area (TPSA) is 108 Å². The molecule has 0 spiro atoms. The standard InChI is InChI=1S/C28H36Cl2N3O6S4/c1-4-33(5-2,6-3)39-43(37,38)17-8-7-14-31-23-18-21(29)10-12-25(23)40-27(31)20-28-32(15-9-16-42(34,35)36)24-19-22(30)11-13-26(24)41-28/h10-13,18-20H,4-9,14-17H2,1-3H3/q+1. The van der Waals surface area contributed by atoms with Gasteiger partial charge in [-0.3, -0.25) is 0 Å². The summed E-state index contributed by atoms with van der Waals surface area (Å²) in [5.41, 5.74) is 1.79. The maximum atomic E-state index is 12.8. The Morgan fingerprint density at radius 2 is 1.63 bits per heavy atom. The highest BCUT2D eigenvalue weighted by molar-refractivity contribution is 8.04. The number of nitrogens with zero attached hydrogens (tertiary/aromatic N) is 3. The Labute approximate surface area is 272 Å². The highest BCUT2D eigenvalue weighted by Gasteiger charge is 2.32. The molecular formula is C28H36Cl2N3O6S4+. The number of unbranched alkanes of at least 4 members (excludes halogenated alkanes) is 1. The van der Waals surface area contributed by atoms with E-state index in [0.29, 0.717) is 55.6 Å². The highest BCUT2D eigenvalue weighted by Crippen LogP contribution is 2.48. The molecule has 2 aromatic carbocycles. The van der Waals surface area contributed by atoms with E-state index in [2.05, 4.69) is 4.90 Å². The molecule has 0 amide bonds. The summed E-state index contributed by atoms with van der Waals surface area (Å²) in [6.45, 7) is 8.36. The molecule has 0 unspecified atom stereocenters. The van der Waals surface area contributed by atoms with Gasteiger partial charge in [0.25, 0.3) is 5.01 Å². The van der Waals surface area contributed by atoms with Gasteiger partial charge in [-0.2, -0.15) is 17.6 Å². The first-order valence-electron chi connectivity index (χ1n) is 14.1. The second-order valence-corrected chi connectivity index (χ2v) is 16.4. The molecule has 0 saturated heterocycles. The van der Waals surface area contributed by atoms with Gasteiger partial charge in [0.15, 0.2) is 6.54 Å². The minimum atomic E-state index is -4.34. The number of hydroxylamine groups is 3. The van der Waals surface area contributed by atoms with E-state index in [1.165, 1.54) is 0 Å². The van der Waals surface area contributed by atoms with Crippen molar-refractivity contribution in [2.45, 2.75) is 51.5 Å². The Morgan fingerprint density at radius 3 is 2.30 bits per heavy atom. The van der Waals surface area contributed by atoms with Crippen LogP contribution in [0, 0.1) is 0 Å². The second-order valence-electron chi connectivity index (χ2n) is 10.2. The van der Waals surface area contributed by atoms with Crippen molar-refractivity contribution in [2.75, 3.05) is 42.6 Å². The molecule has 0 aliphatic carbocycles. The van der Waals surface area contributed by atoms with Crippen molar-refractivity contribution in [3.05, 3.63) is 56.5 Å². The third kappa shape index (κ3) is 8.86. The molecule has 3 aromatic rings. The number of quaternary nitrogens is 1. The van der Waals surface area contributed by atoms with Crippen LogP contribution in [0.1, 0.15) is 45.0 Å². The van der Waals surface area contributed by atoms with E-state index < -0.39 is 26.0 Å². The number of aromatic nitrogens is 1. The van der Waals surface area contributed by atoms with Crippen LogP contribution in [0.15, 0.2) is 46.3 Å². The van der Waals surface area contributed by atoms with Crippen LogP contribution in [0.4, 0.5) is 5.69 Å². The summed E-state index contributed by atoms with van der Waals surface area (Å²) >= 11 is 15.8. The summed E-state index contributed by atoms with van der Waals surface area (Å²) in [6, 6.07) is 11.3. The molecule has 236 valence electrons. The van der Waals surface area contributed by atoms with Crippen LogP contribution in [0.3, 0.4) is 0 Å². The van der Waals surface area contributed by atoms with Gasteiger partial charge in [-0.15, -0.1) is 0 Å². The lowest BCUT2D eigenvalue weighted by Crippen LogP contribution is -2.49. The predicted molar refractivity (Wildman–Crippen MR) is 175 cm³/mol. The highest BCUT2D eigenvalue weighted by atomic mass is 35.5. The van der Waals surface area contributed by atoms with Crippen molar-refractivity contribution < 1.29 is 34.9 Å². The zero-order chi connectivity index (χ0) is 31.4. The van der Waals surface area contributed by atoms with Gasteiger partial charge < -0.3 is 9.45 Å². The number of benzene rings is 2. The van der Waals surface area contributed by atoms with Crippen molar-refractivity contribution in [2.24, 2.45) is 0 Å². The molecule has 0 radical (unpaired) electrons. The van der Waals surface area contributed by atoms with Gasteiger partial charge in [0.05, 0.1) is 32.7 Å². The number of aryl methyl sites for hydroxylation is 1. The monoisotopic (exact) mass is 708 g/mol. The van der Waals surface area contributed by atoms with Crippen molar-refractivity contribution in [3.8, 4) is 0 Å². The van der Waals surface area contributed by atoms with E-state index >= 15 is 0 Å². The molecule has 0 bridgehead atoms. The van der Waals surface area contributed by atoms with Gasteiger partial charge >= 0.3 is 10.1 Å². The normalized spacial score (nSPS) is 15.1. The first-order valence-corrected chi connectivity index (χ1v) is 19.6. The fraction of sp³-hybridized carbons (Fsp3) is 0.464. The zero-order valence-corrected chi connectivity index (χ0v) is 29.1. The maximum Gasteiger partial charge on any atom is 0.314 e. The molecule has 9 nitrogen and oxygen atoms in total. The van der Waals surface area contributed by atoms with Gasteiger partial charge in [-0.25, -0.2) is 8.42 Å². The number of hydrogen-bond donors (Lipinski definition) is 0. The number of thioether (sulfide) groups is 1. The molecule has 0 saturated carbocycles. The quantitative estimate of drug-likeness (QED) is 0.0599. The lowest BCUT2D eigenvalue weighted by molar-refractivity contribution is -1.08. The number of fused-ring (bicyclic) bond motifs is 2. The lowest BCUT2D eigenvalue weighted by Gasteiger charge is -2.30. The van der Waals surface area contributed by atoms with E-state index in [0.717, 1.165) is 30.8 Å². The van der Waals surface area contributed by atoms with E-state index in [4.69, 9.17) is 27.5 Å². The molecule has 2 heterocycles. The van der Waals surface area contributed by atoms with Gasteiger partial charge in [0.2, 0.25) is 5.52 Å². The van der Waals surface area contributed by atoms with E-state index in [-0.39, 0.29) is 16.8 Å². The molecule has 0 N–H and O–H groups in total. The first kappa shape index (κ1) is 34.5. The minimum Gasteiger partial charge on any atom is -0.748 e. The number of thiazole rings is 1. The molecule has 0 atom stereocenters. The minimum absolute atomic E-state index is 0.0743. The Kier molecular flexibility index (Phi) is 11.5. The summed E-state index contributed by atoms with van der Waals surface area (Å²) in [5, 5.41) is 2.95. The van der Waals surface area contributed by atoms with Gasteiger partial charge in [-0.1, -0.05) is 50.6 Å². The fourth-order valence-electron chi connectivity index (χ4n) is 4.99. The number of anilines is 1. The predicted octanol–water partition coefficient (Wildman–Crippen LogP) is 6.26. The van der Waals surface area contributed by atoms with Crippen LogP contribution in [-0.4, -0.2) is 63.7 Å². The summed E-state index contributed by atoms with van der Waals surface area (Å²) in [7, 11) is -8.05. The van der Waals surface area contributed by atoms with Crippen LogP contribution in [-0.2, 0) is 31.1 Å². The molecule has 15 heteroatoms. The summed E-state index contributed by atoms with van der Waals surface area (Å²) in [6.07, 6.45) is 3.23. The maximum absolute atomic E-state index is 12.8. The Bertz CT molecular complexity index is 1700. The lowest BCUT2D eigenvalue weighted by atomic mass is 10.2. The Hall–Kier alpha value is -1.42. The van der Waals surface area contributed by atoms with Crippen LogP contribution >= 0.6 is 46.3 Å². The zero-order valence-electron chi connectivity index (χ0n) is 24.3. The van der Waals surface area contributed by atoms with Crippen molar-refractivity contribution in [3.63, 3.8) is 0 Å². The second kappa shape index (κ2) is 14.3. The smallest absolute Gasteiger partial charge is 0.314 e. The van der Waals surface area contributed by atoms with Gasteiger partial charge in [-0.05, 0) is 63.9 Å². The molecule has 0 fully saturated rings. The Morgan fingerprint density at radius 1 is 0.953 bits per heavy atom. The van der Waals surface area contributed by atoms with Crippen LogP contribution in [0.5, 0.6) is 0 Å². The molecule has 4 rings (SSSR count). The van der Waals surface area contributed by atoms with Gasteiger partial charge in [0, 0.05) is 39.7 Å². The Balaban J connectivity index is 1.59. The summed E-state index contributed by atoms with van der Waals surface area (Å²) in [4.78, 5) is 3.16. The number of hydrogen-bond acceptors (Lipinski definition) is 9. The molecular weight excluding hydrogens is 673 g/mol. The van der Waals surface area contributed by atoms with E-state index in [1.807, 2.05) is 61.7 Å². The number of halogens is 2. The molecule has 43 heavy (non-hydrogen) atoms. The largest absolute Gasteiger partial charge is 0.748 e. The van der Waals surface area contributed by atoms with Crippen molar-refractivity contribution in [1.29, 1.82) is 0 Å². The first-order chi connectivity index (χ1) is 20.3. The van der Waals surface area contributed by atoms with Gasteiger partial charge in [0.1, 0.15) is 24.3 Å². The van der Waals surface area contributed by atoms with Crippen molar-refractivity contribution >= 4 is 88.5 Å². The molecule has 1 aliphatic heterocycles. The van der Waals surface area contributed by atoms with E-state index in [9.17, 15) is 21.4 Å². The molecule has 1 aromatic heterocycles. The average Bonchev–Trinajstić information content (AvgIpc) is 3.45. The fourth-order valence-corrected chi connectivity index (χ4v) is 9.52. The summed E-state index contributed by atoms with van der Waals surface area (Å²) in [5.74, 6) is -0.532. The third-order valence-corrected chi connectivity index (χ3v) is 12.3. The van der Waals surface area contributed by atoms with Crippen LogP contribution in [0.2, 0.25) is 10.0 Å².